The third-order valence-electron chi connectivity index (χ3n) is 13.9. The number of rotatable bonds is 8. The first-order valence-corrected chi connectivity index (χ1v) is 23.1. The van der Waals surface area contributed by atoms with Crippen LogP contribution < -0.4 is 31.6 Å². The number of piperidine rings is 3. The van der Waals surface area contributed by atoms with Crippen molar-refractivity contribution in [3.63, 3.8) is 0 Å². The van der Waals surface area contributed by atoms with E-state index in [9.17, 15) is 19.2 Å². The zero-order valence-electron chi connectivity index (χ0n) is 37.2. The van der Waals surface area contributed by atoms with Crippen LogP contribution in [0.2, 0.25) is 0 Å². The van der Waals surface area contributed by atoms with Crippen LogP contribution in [0.15, 0.2) is 94.9 Å². The molecule has 6 aromatic rings. The molecule has 0 radical (unpaired) electrons. The number of H-pyrrole nitrogens is 2. The van der Waals surface area contributed by atoms with Gasteiger partial charge in [0, 0.05) is 101 Å². The first kappa shape index (κ1) is 43.7. The van der Waals surface area contributed by atoms with Crippen molar-refractivity contribution in [2.24, 2.45) is 0 Å². The van der Waals surface area contributed by atoms with Crippen LogP contribution in [0.1, 0.15) is 89.3 Å². The number of amides is 2. The van der Waals surface area contributed by atoms with Gasteiger partial charge in [0.05, 0.1) is 33.7 Å². The standard InChI is InChI=1S/C26H31N5O2.C23H27N7O2/c1-27-25(32)18-8-10-20(11-9-18)30-15-12-21(13-16-30)31-14-4-5-19(17-31)24-28-23-7-3-2-6-22(23)26(33)29-24;1-24-23(32)20-3-2-17(12-26-20)29-10-6-16(7-11-29)30-9-5-15(14-30)21-27-19-4-8-25-13-18(19)22(31)28-21/h2-3,6-11,19,21H,4-5,12-17H2,1H3,(H,27,32)(H,28,29,33);2-4,8,12-13,15-16H,5-7,9-11,14H2,1H3,(H,24,32)(H,27,28,31). The molecule has 4 aliphatic heterocycles. The molecule has 0 aliphatic carbocycles. The fraction of sp³-hybridized carbons (Fsp3) is 0.429. The van der Waals surface area contributed by atoms with Crippen molar-refractivity contribution in [2.45, 2.75) is 68.9 Å². The highest BCUT2D eigenvalue weighted by molar-refractivity contribution is 5.94. The molecular formula is C49H58N12O4. The molecule has 2 amide bonds. The molecule has 4 fully saturated rings. The van der Waals surface area contributed by atoms with Crippen LogP contribution in [-0.4, -0.2) is 130 Å². The number of carbonyl (C=O) groups is 2. The van der Waals surface area contributed by atoms with E-state index < -0.39 is 0 Å². The highest BCUT2D eigenvalue weighted by atomic mass is 16.2. The van der Waals surface area contributed by atoms with Crippen molar-refractivity contribution in [2.75, 3.05) is 76.3 Å². The fourth-order valence-corrected chi connectivity index (χ4v) is 10.2. The van der Waals surface area contributed by atoms with Gasteiger partial charge in [-0.2, -0.15) is 0 Å². The number of nitrogens with one attached hydrogen (secondary N) is 4. The Bertz CT molecular complexity index is 2730. The number of anilines is 2. The summed E-state index contributed by atoms with van der Waals surface area (Å²) < 4.78 is 0. The summed E-state index contributed by atoms with van der Waals surface area (Å²) in [5.74, 6) is 1.92. The number of aromatic nitrogens is 6. The monoisotopic (exact) mass is 878 g/mol. The van der Waals surface area contributed by atoms with Crippen molar-refractivity contribution in [1.29, 1.82) is 0 Å². The van der Waals surface area contributed by atoms with Gasteiger partial charge in [-0.1, -0.05) is 12.1 Å². The van der Waals surface area contributed by atoms with Crippen molar-refractivity contribution < 1.29 is 9.59 Å². The van der Waals surface area contributed by atoms with Gasteiger partial charge in [-0.25, -0.2) is 15.0 Å². The number of carbonyl (C=O) groups excluding carboxylic acids is 2. The maximum Gasteiger partial charge on any atom is 0.269 e. The van der Waals surface area contributed by atoms with E-state index in [0.717, 1.165) is 120 Å². The largest absolute Gasteiger partial charge is 0.371 e. The quantitative estimate of drug-likeness (QED) is 0.166. The van der Waals surface area contributed by atoms with Gasteiger partial charge < -0.3 is 30.4 Å². The van der Waals surface area contributed by atoms with Gasteiger partial charge in [-0.3, -0.25) is 34.0 Å². The topological polar surface area (TPSA) is 188 Å². The third kappa shape index (κ3) is 9.78. The smallest absolute Gasteiger partial charge is 0.269 e. The molecular weight excluding hydrogens is 821 g/mol. The predicted molar refractivity (Wildman–Crippen MR) is 253 cm³/mol. The fourth-order valence-electron chi connectivity index (χ4n) is 10.2. The van der Waals surface area contributed by atoms with Gasteiger partial charge in [-0.05, 0) is 113 Å². The van der Waals surface area contributed by atoms with Crippen molar-refractivity contribution >= 4 is 45.0 Å². The summed E-state index contributed by atoms with van der Waals surface area (Å²) >= 11 is 0. The lowest BCUT2D eigenvalue weighted by molar-refractivity contribution is 0.0952. The zero-order chi connectivity index (χ0) is 44.9. The van der Waals surface area contributed by atoms with Gasteiger partial charge in [0.2, 0.25) is 0 Å². The van der Waals surface area contributed by atoms with Crippen LogP contribution in [0.25, 0.3) is 21.8 Å². The SMILES string of the molecule is CNC(=O)c1ccc(N2CCC(N3CCC(c4nc5ccncc5c(=O)[nH]4)C3)CC2)cn1.CNC(=O)c1ccc(N2CCC(N3CCCC(c4nc5ccccc5c(=O)[nH]4)C3)CC2)cc1. The Balaban J connectivity index is 0.000000164. The highest BCUT2D eigenvalue weighted by Gasteiger charge is 2.34. The minimum atomic E-state index is -0.169. The molecule has 8 heterocycles. The van der Waals surface area contributed by atoms with Crippen molar-refractivity contribution in [1.82, 2.24) is 50.3 Å². The van der Waals surface area contributed by atoms with Crippen LogP contribution >= 0.6 is 0 Å². The molecule has 4 saturated heterocycles. The Morgan fingerprint density at radius 3 is 1.83 bits per heavy atom. The van der Waals surface area contributed by atoms with E-state index in [1.54, 1.807) is 44.8 Å². The van der Waals surface area contributed by atoms with Crippen LogP contribution in [0.3, 0.4) is 0 Å². The summed E-state index contributed by atoms with van der Waals surface area (Å²) in [4.78, 5) is 82.2. The molecule has 338 valence electrons. The molecule has 4 N–H and O–H groups in total. The Morgan fingerprint density at radius 1 is 0.600 bits per heavy atom. The molecule has 16 heteroatoms. The molecule has 2 aromatic carbocycles. The van der Waals surface area contributed by atoms with Crippen LogP contribution in [0.4, 0.5) is 11.4 Å². The predicted octanol–water partition coefficient (Wildman–Crippen LogP) is 4.66. The summed E-state index contributed by atoms with van der Waals surface area (Å²) in [6, 6.07) is 22.1. The van der Waals surface area contributed by atoms with Crippen molar-refractivity contribution in [3.8, 4) is 0 Å². The highest BCUT2D eigenvalue weighted by Crippen LogP contribution is 2.32. The number of aromatic amines is 2. The number of benzene rings is 2. The summed E-state index contributed by atoms with van der Waals surface area (Å²) in [5.41, 5.74) is 4.70. The van der Waals surface area contributed by atoms with Gasteiger partial charge in [0.1, 0.15) is 17.3 Å². The van der Waals surface area contributed by atoms with E-state index in [1.165, 1.54) is 5.69 Å². The zero-order valence-corrected chi connectivity index (χ0v) is 37.2. The number of para-hydroxylation sites is 1. The molecule has 0 bridgehead atoms. The number of likely N-dealkylation sites (tertiary alicyclic amines) is 2. The molecule has 2 atom stereocenters. The normalized spacial score (nSPS) is 20.1. The minimum absolute atomic E-state index is 0.0385. The number of fused-ring (bicyclic) bond motifs is 2. The maximum atomic E-state index is 12.5. The van der Waals surface area contributed by atoms with Crippen LogP contribution in [-0.2, 0) is 0 Å². The Kier molecular flexibility index (Phi) is 13.2. The van der Waals surface area contributed by atoms with Crippen molar-refractivity contribution in [3.05, 3.63) is 129 Å². The first-order valence-electron chi connectivity index (χ1n) is 23.1. The lowest BCUT2D eigenvalue weighted by Gasteiger charge is -2.42. The number of hydrogen-bond acceptors (Lipinski definition) is 12. The molecule has 65 heavy (non-hydrogen) atoms. The molecule has 10 rings (SSSR count). The Hall–Kier alpha value is -6.52. The second-order valence-electron chi connectivity index (χ2n) is 17.7. The molecule has 0 spiro atoms. The molecule has 2 unspecified atom stereocenters. The van der Waals surface area contributed by atoms with E-state index >= 15 is 0 Å². The molecule has 0 saturated carbocycles. The average Bonchev–Trinajstić information content (AvgIpc) is 3.87. The third-order valence-corrected chi connectivity index (χ3v) is 13.9. The van der Waals surface area contributed by atoms with Crippen LogP contribution in [0.5, 0.6) is 0 Å². The second kappa shape index (κ2) is 19.7. The van der Waals surface area contributed by atoms with E-state index in [1.807, 2.05) is 54.6 Å². The summed E-state index contributed by atoms with van der Waals surface area (Å²) in [6.45, 7) is 7.96. The number of nitrogens with zero attached hydrogens (tertiary/aromatic N) is 8. The Labute approximate surface area is 377 Å². The number of hydrogen-bond donors (Lipinski definition) is 4. The number of pyridine rings is 2. The lowest BCUT2D eigenvalue weighted by Crippen LogP contribution is -2.48. The maximum absolute atomic E-state index is 12.5. The van der Waals surface area contributed by atoms with Gasteiger partial charge in [0.15, 0.2) is 0 Å². The summed E-state index contributed by atoms with van der Waals surface area (Å²) in [7, 11) is 3.26. The summed E-state index contributed by atoms with van der Waals surface area (Å²) in [6.07, 6.45) is 12.6. The first-order chi connectivity index (χ1) is 31.7. The van der Waals surface area contributed by atoms with E-state index in [0.29, 0.717) is 39.6 Å². The van der Waals surface area contributed by atoms with Gasteiger partial charge in [0.25, 0.3) is 22.9 Å². The van der Waals surface area contributed by atoms with E-state index in [-0.39, 0.29) is 34.8 Å². The second-order valence-corrected chi connectivity index (χ2v) is 17.7. The van der Waals surface area contributed by atoms with Gasteiger partial charge in [-0.15, -0.1) is 0 Å². The molecule has 4 aromatic heterocycles. The van der Waals surface area contributed by atoms with Crippen LogP contribution in [0, 0.1) is 0 Å². The van der Waals surface area contributed by atoms with E-state index in [4.69, 9.17) is 9.97 Å². The van der Waals surface area contributed by atoms with Gasteiger partial charge >= 0.3 is 0 Å². The minimum Gasteiger partial charge on any atom is -0.371 e. The van der Waals surface area contributed by atoms with E-state index in [2.05, 4.69) is 50.2 Å². The summed E-state index contributed by atoms with van der Waals surface area (Å²) in [5, 5.41) is 6.46. The lowest BCUT2D eigenvalue weighted by atomic mass is 9.93. The average molecular weight is 879 g/mol. The molecule has 4 aliphatic rings. The Morgan fingerprint density at radius 2 is 1.18 bits per heavy atom. The molecule has 16 nitrogen and oxygen atoms in total.